The molecular formula is C4H7F3O. The maximum absolute atomic E-state index is 11.7. The lowest BCUT2D eigenvalue weighted by Gasteiger charge is -2.00. The van der Waals surface area contributed by atoms with E-state index in [1.165, 1.54) is 0 Å². The molecule has 0 amide bonds. The summed E-state index contributed by atoms with van der Waals surface area (Å²) in [6.45, 7) is -0.815. The van der Waals surface area contributed by atoms with Crippen LogP contribution >= 0.6 is 0 Å². The predicted molar refractivity (Wildman–Crippen MR) is 22.6 cm³/mol. The first-order valence-electron chi connectivity index (χ1n) is 2.20. The Morgan fingerprint density at radius 2 is 1.75 bits per heavy atom. The van der Waals surface area contributed by atoms with Gasteiger partial charge in [-0.25, -0.2) is 13.2 Å². The van der Waals surface area contributed by atoms with E-state index in [-0.39, 0.29) is 0 Å². The minimum Gasteiger partial charge on any atom is -0.393 e. The fourth-order valence-corrected chi connectivity index (χ4v) is 0.268. The molecule has 0 spiro atoms. The first-order valence-corrected chi connectivity index (χ1v) is 2.20. The van der Waals surface area contributed by atoms with E-state index in [9.17, 15) is 13.2 Å². The van der Waals surface area contributed by atoms with E-state index in [0.29, 0.717) is 0 Å². The summed E-state index contributed by atoms with van der Waals surface area (Å²) in [5.74, 6) is 0. The average molecular weight is 128 g/mol. The van der Waals surface area contributed by atoms with Gasteiger partial charge in [-0.05, 0) is 0 Å². The van der Waals surface area contributed by atoms with Crippen LogP contribution in [0.1, 0.15) is 6.42 Å². The van der Waals surface area contributed by atoms with Gasteiger partial charge in [0, 0.05) is 6.42 Å². The smallest absolute Gasteiger partial charge is 0.241 e. The Labute approximate surface area is 45.1 Å². The van der Waals surface area contributed by atoms with Crippen LogP contribution in [0.2, 0.25) is 0 Å². The van der Waals surface area contributed by atoms with Crippen LogP contribution in [0.5, 0.6) is 0 Å². The molecular weight excluding hydrogens is 121 g/mol. The molecule has 0 radical (unpaired) electrons. The Morgan fingerprint density at radius 3 is 1.88 bits per heavy atom. The van der Waals surface area contributed by atoms with Crippen molar-refractivity contribution in [3.8, 4) is 0 Å². The third-order valence-electron chi connectivity index (χ3n) is 0.632. The highest BCUT2D eigenvalue weighted by molar-refractivity contribution is 4.53. The van der Waals surface area contributed by atoms with Crippen molar-refractivity contribution in [1.82, 2.24) is 0 Å². The molecule has 1 N–H and O–H groups in total. The Kier molecular flexibility index (Phi) is 3.60. The lowest BCUT2D eigenvalue weighted by atomic mass is 10.3. The molecule has 0 rings (SSSR count). The largest absolute Gasteiger partial charge is 0.393 e. The summed E-state index contributed by atoms with van der Waals surface area (Å²) in [5.41, 5.74) is 0. The quantitative estimate of drug-likeness (QED) is 0.600. The van der Waals surface area contributed by atoms with E-state index in [2.05, 4.69) is 0 Å². The second-order valence-corrected chi connectivity index (χ2v) is 1.41. The van der Waals surface area contributed by atoms with Crippen molar-refractivity contribution in [3.05, 3.63) is 0 Å². The van der Waals surface area contributed by atoms with Crippen LogP contribution < -0.4 is 0 Å². The molecule has 0 heterocycles. The molecule has 0 aromatic heterocycles. The normalized spacial score (nSPS) is 14.6. The maximum Gasteiger partial charge on any atom is 0.241 e. The minimum atomic E-state index is -2.66. The van der Waals surface area contributed by atoms with Crippen LogP contribution in [0.15, 0.2) is 0 Å². The second-order valence-electron chi connectivity index (χ2n) is 1.41. The predicted octanol–water partition coefficient (Wildman–Crippen LogP) is 0.972. The molecule has 0 aliphatic rings. The van der Waals surface area contributed by atoms with Crippen molar-refractivity contribution in [2.75, 3.05) is 6.61 Å². The molecule has 4 heteroatoms. The molecule has 0 aliphatic heterocycles. The van der Waals surface area contributed by atoms with E-state index in [4.69, 9.17) is 5.11 Å². The number of halogens is 3. The van der Waals surface area contributed by atoms with E-state index in [1.807, 2.05) is 0 Å². The molecule has 1 unspecified atom stereocenters. The molecule has 0 aromatic carbocycles. The minimum absolute atomic E-state index is 0.815. The second kappa shape index (κ2) is 3.72. The zero-order valence-corrected chi connectivity index (χ0v) is 4.15. The summed E-state index contributed by atoms with van der Waals surface area (Å²) >= 11 is 0. The van der Waals surface area contributed by atoms with Crippen molar-refractivity contribution < 1.29 is 18.3 Å². The van der Waals surface area contributed by atoms with Crippen molar-refractivity contribution in [2.45, 2.75) is 19.0 Å². The summed E-state index contributed by atoms with van der Waals surface area (Å²) in [5, 5.41) is 7.88. The molecule has 0 aliphatic carbocycles. The summed E-state index contributed by atoms with van der Waals surface area (Å²) in [7, 11) is 0. The molecule has 50 valence electrons. The van der Waals surface area contributed by atoms with Crippen molar-refractivity contribution in [2.24, 2.45) is 0 Å². The molecule has 8 heavy (non-hydrogen) atoms. The van der Waals surface area contributed by atoms with Gasteiger partial charge < -0.3 is 5.11 Å². The van der Waals surface area contributed by atoms with E-state index >= 15 is 0 Å². The zero-order valence-electron chi connectivity index (χ0n) is 4.15. The number of hydrogen-bond donors (Lipinski definition) is 1. The Balaban J connectivity index is 3.10. The van der Waals surface area contributed by atoms with Crippen molar-refractivity contribution in [1.29, 1.82) is 0 Å². The third kappa shape index (κ3) is 3.92. The molecule has 0 aromatic rings. The first-order chi connectivity index (χ1) is 3.66. The number of hydrogen-bond acceptors (Lipinski definition) is 1. The Morgan fingerprint density at radius 1 is 1.25 bits per heavy atom. The monoisotopic (exact) mass is 128 g/mol. The van der Waals surface area contributed by atoms with Crippen LogP contribution in [-0.2, 0) is 0 Å². The van der Waals surface area contributed by atoms with Crippen LogP contribution in [0.3, 0.4) is 0 Å². The van der Waals surface area contributed by atoms with Crippen molar-refractivity contribution in [3.63, 3.8) is 0 Å². The number of aliphatic hydroxyl groups is 1. The van der Waals surface area contributed by atoms with E-state index < -0.39 is 25.6 Å². The topological polar surface area (TPSA) is 20.2 Å². The van der Waals surface area contributed by atoms with E-state index in [0.717, 1.165) is 0 Å². The fourth-order valence-electron chi connectivity index (χ4n) is 0.268. The van der Waals surface area contributed by atoms with Crippen LogP contribution in [0.25, 0.3) is 0 Å². The fraction of sp³-hybridized carbons (Fsp3) is 1.00. The van der Waals surface area contributed by atoms with Gasteiger partial charge in [0.15, 0.2) is 0 Å². The lowest BCUT2D eigenvalue weighted by Crippen LogP contribution is -2.10. The highest BCUT2D eigenvalue weighted by atomic mass is 19.3. The van der Waals surface area contributed by atoms with Crippen molar-refractivity contribution >= 4 is 0 Å². The van der Waals surface area contributed by atoms with Gasteiger partial charge in [0.25, 0.3) is 0 Å². The van der Waals surface area contributed by atoms with Crippen LogP contribution in [0, 0.1) is 0 Å². The van der Waals surface area contributed by atoms with Gasteiger partial charge in [-0.1, -0.05) is 0 Å². The van der Waals surface area contributed by atoms with Gasteiger partial charge in [-0.15, -0.1) is 0 Å². The standard InChI is InChI=1S/C4H7F3O/c5-3(2-8)1-4(6)7/h3-4,8H,1-2H2. The Hall–Kier alpha value is -0.250. The lowest BCUT2D eigenvalue weighted by molar-refractivity contribution is 0.0740. The third-order valence-corrected chi connectivity index (χ3v) is 0.632. The van der Waals surface area contributed by atoms with Gasteiger partial charge in [0.05, 0.1) is 6.61 Å². The highest BCUT2D eigenvalue weighted by Gasteiger charge is 2.11. The molecule has 0 bridgehead atoms. The first kappa shape index (κ1) is 7.75. The molecule has 0 saturated heterocycles. The number of alkyl halides is 3. The summed E-state index contributed by atoms with van der Waals surface area (Å²) in [4.78, 5) is 0. The average Bonchev–Trinajstić information content (AvgIpc) is 1.65. The number of rotatable bonds is 3. The van der Waals surface area contributed by atoms with E-state index in [1.54, 1.807) is 0 Å². The molecule has 0 saturated carbocycles. The van der Waals surface area contributed by atoms with Crippen LogP contribution in [0.4, 0.5) is 13.2 Å². The van der Waals surface area contributed by atoms with Gasteiger partial charge in [0.2, 0.25) is 6.43 Å². The summed E-state index contributed by atoms with van der Waals surface area (Å²) < 4.78 is 33.9. The highest BCUT2D eigenvalue weighted by Crippen LogP contribution is 2.05. The SMILES string of the molecule is OCC(F)CC(F)F. The van der Waals surface area contributed by atoms with Gasteiger partial charge in [0.1, 0.15) is 6.17 Å². The molecule has 1 nitrogen and oxygen atoms in total. The maximum atomic E-state index is 11.7. The summed E-state index contributed by atoms with van der Waals surface area (Å²) in [6.07, 6.45) is -5.29. The molecule has 1 atom stereocenters. The van der Waals surface area contributed by atoms with Gasteiger partial charge >= 0.3 is 0 Å². The Bertz CT molecular complexity index is 57.2. The summed E-state index contributed by atoms with van der Waals surface area (Å²) in [6, 6.07) is 0. The zero-order chi connectivity index (χ0) is 6.57. The van der Waals surface area contributed by atoms with Gasteiger partial charge in [-0.3, -0.25) is 0 Å². The molecule has 0 fully saturated rings. The van der Waals surface area contributed by atoms with Gasteiger partial charge in [-0.2, -0.15) is 0 Å². The van der Waals surface area contributed by atoms with Crippen LogP contribution in [-0.4, -0.2) is 24.3 Å². The number of aliphatic hydroxyl groups excluding tert-OH is 1.